The van der Waals surface area contributed by atoms with E-state index in [0.717, 1.165) is 0 Å². The van der Waals surface area contributed by atoms with Crippen molar-refractivity contribution in [3.63, 3.8) is 0 Å². The van der Waals surface area contributed by atoms with Crippen LogP contribution in [0.5, 0.6) is 5.75 Å². The number of pyridine rings is 1. The molecule has 0 radical (unpaired) electrons. The van der Waals surface area contributed by atoms with Gasteiger partial charge in [-0.2, -0.15) is 0 Å². The summed E-state index contributed by atoms with van der Waals surface area (Å²) in [5, 5.41) is 8.44. The Kier molecular flexibility index (Phi) is 7.27. The van der Waals surface area contributed by atoms with Gasteiger partial charge in [-0.1, -0.05) is 22.9 Å². The Morgan fingerprint density at radius 3 is 2.68 bits per heavy atom. The predicted molar refractivity (Wildman–Crippen MR) is 141 cm³/mol. The molecule has 0 saturated carbocycles. The fourth-order valence-electron chi connectivity index (χ4n) is 4.10. The minimum Gasteiger partial charge on any atom is -0.488 e. The van der Waals surface area contributed by atoms with Gasteiger partial charge in [-0.05, 0) is 43.2 Å². The molecule has 192 valence electrons. The highest BCUT2D eigenvalue weighted by Gasteiger charge is 2.26. The van der Waals surface area contributed by atoms with Gasteiger partial charge >= 0.3 is 0 Å². The zero-order chi connectivity index (χ0) is 26.0. The molecule has 5 rings (SSSR count). The van der Waals surface area contributed by atoms with Crippen LogP contribution in [-0.4, -0.2) is 51.4 Å². The first-order valence-corrected chi connectivity index (χ1v) is 14.7. The van der Waals surface area contributed by atoms with Gasteiger partial charge in [-0.3, -0.25) is 14.2 Å². The molecular formula is C25H23ClN4O5S2. The molecule has 1 aliphatic heterocycles. The number of aromatic nitrogens is 4. The molecule has 0 amide bonds. The van der Waals surface area contributed by atoms with Gasteiger partial charge in [0.2, 0.25) is 0 Å². The maximum Gasteiger partial charge on any atom is 0.255 e. The minimum atomic E-state index is -3.04. The Morgan fingerprint density at radius 1 is 1.14 bits per heavy atom. The lowest BCUT2D eigenvalue weighted by Gasteiger charge is -2.24. The Morgan fingerprint density at radius 2 is 1.95 bits per heavy atom. The molecule has 0 spiro atoms. The van der Waals surface area contributed by atoms with E-state index in [0.29, 0.717) is 51.3 Å². The minimum absolute atomic E-state index is 0.0135. The molecule has 0 unspecified atom stereocenters. The van der Waals surface area contributed by atoms with Crippen molar-refractivity contribution in [3.8, 4) is 17.1 Å². The van der Waals surface area contributed by atoms with Gasteiger partial charge in [0.05, 0.1) is 38.3 Å². The fraction of sp³-hybridized carbons (Fsp3) is 0.280. The monoisotopic (exact) mass is 558 g/mol. The first kappa shape index (κ1) is 25.4. The van der Waals surface area contributed by atoms with Crippen molar-refractivity contribution in [2.24, 2.45) is 0 Å². The van der Waals surface area contributed by atoms with Crippen molar-refractivity contribution < 1.29 is 17.9 Å². The van der Waals surface area contributed by atoms with Crippen molar-refractivity contribution in [2.45, 2.75) is 31.8 Å². The first-order chi connectivity index (χ1) is 17.8. The molecule has 0 atom stereocenters. The normalized spacial score (nSPS) is 15.5. The van der Waals surface area contributed by atoms with Crippen LogP contribution < -0.4 is 10.3 Å². The first-order valence-electron chi connectivity index (χ1n) is 11.7. The molecule has 4 aromatic rings. The van der Waals surface area contributed by atoms with Crippen LogP contribution in [-0.2, 0) is 16.3 Å². The Balaban J connectivity index is 1.40. The van der Waals surface area contributed by atoms with E-state index in [1.54, 1.807) is 59.5 Å². The number of hydrogen-bond acceptors (Lipinski definition) is 8. The van der Waals surface area contributed by atoms with Gasteiger partial charge < -0.3 is 4.74 Å². The third kappa shape index (κ3) is 6.00. The number of Topliss-reactive ketones (excluding diaryl/α,β-unsaturated/α-hetero) is 1. The number of halogens is 1. The van der Waals surface area contributed by atoms with Crippen LogP contribution in [0.2, 0.25) is 4.34 Å². The number of sulfone groups is 1. The average molecular weight is 559 g/mol. The Bertz CT molecular complexity index is 1590. The topological polar surface area (TPSA) is 113 Å². The maximum atomic E-state index is 12.4. The number of rotatable bonds is 8. The zero-order valence-corrected chi connectivity index (χ0v) is 22.0. The molecule has 1 aliphatic rings. The van der Waals surface area contributed by atoms with Crippen molar-refractivity contribution in [1.82, 2.24) is 19.6 Å². The third-order valence-electron chi connectivity index (χ3n) is 6.08. The van der Waals surface area contributed by atoms with E-state index < -0.39 is 9.84 Å². The largest absolute Gasteiger partial charge is 0.488 e. The number of nitrogens with zero attached hydrogens (tertiary/aromatic N) is 4. The second kappa shape index (κ2) is 10.6. The lowest BCUT2D eigenvalue weighted by molar-refractivity contribution is 0.0986. The summed E-state index contributed by atoms with van der Waals surface area (Å²) in [6, 6.07) is 13.6. The molecule has 0 aliphatic carbocycles. The van der Waals surface area contributed by atoms with E-state index in [1.807, 2.05) is 0 Å². The lowest BCUT2D eigenvalue weighted by Crippen LogP contribution is -2.31. The summed E-state index contributed by atoms with van der Waals surface area (Å²) in [5.74, 6) is 0.586. The van der Waals surface area contributed by atoms with Gasteiger partial charge in [0, 0.05) is 31.2 Å². The van der Waals surface area contributed by atoms with E-state index in [9.17, 15) is 18.0 Å². The van der Waals surface area contributed by atoms with Gasteiger partial charge in [0.1, 0.15) is 17.5 Å². The number of thiophene rings is 1. The third-order valence-corrected chi connectivity index (χ3v) is 9.07. The van der Waals surface area contributed by atoms with Crippen LogP contribution in [0.1, 0.15) is 34.6 Å². The summed E-state index contributed by atoms with van der Waals surface area (Å²) >= 11 is 7.18. The maximum absolute atomic E-state index is 12.4. The van der Waals surface area contributed by atoms with Gasteiger partial charge in [0.25, 0.3) is 5.56 Å². The summed E-state index contributed by atoms with van der Waals surface area (Å²) < 4.78 is 33.6. The molecular weight excluding hydrogens is 536 g/mol. The van der Waals surface area contributed by atoms with E-state index in [1.165, 1.54) is 22.0 Å². The summed E-state index contributed by atoms with van der Waals surface area (Å²) in [4.78, 5) is 25.4. The molecule has 4 heterocycles. The average Bonchev–Trinajstić information content (AvgIpc) is 3.53. The summed E-state index contributed by atoms with van der Waals surface area (Å²) in [7, 11) is -3.04. The van der Waals surface area contributed by atoms with Crippen LogP contribution in [0.3, 0.4) is 0 Å². The highest BCUT2D eigenvalue weighted by Crippen LogP contribution is 2.29. The van der Waals surface area contributed by atoms with Crippen LogP contribution in [0.25, 0.3) is 11.4 Å². The molecule has 9 nitrogen and oxygen atoms in total. The fourth-order valence-corrected chi connectivity index (χ4v) is 6.56. The van der Waals surface area contributed by atoms with E-state index in [-0.39, 0.29) is 35.4 Å². The number of ketones is 1. The van der Waals surface area contributed by atoms with E-state index >= 15 is 0 Å². The standard InChI is InChI=1S/C25H23ClN4O5S2/c26-24-9-8-23(36-24)21(31)7-4-17-16-30(28-27-17)20-6-5-18(29-12-2-1-3-25(29)32)15-22(20)35-19-10-13-37(33,34)14-11-19/h1-3,5-6,8-9,12,15-16,19H,4,7,10-11,13-14H2. The summed E-state index contributed by atoms with van der Waals surface area (Å²) in [6.45, 7) is 0. The van der Waals surface area contributed by atoms with E-state index in [2.05, 4.69) is 10.3 Å². The molecule has 1 fully saturated rings. The quantitative estimate of drug-likeness (QED) is 0.301. The highest BCUT2D eigenvalue weighted by atomic mass is 35.5. The molecule has 3 aromatic heterocycles. The van der Waals surface area contributed by atoms with Gasteiger partial charge in [-0.25, -0.2) is 13.1 Å². The molecule has 1 aromatic carbocycles. The molecule has 0 bridgehead atoms. The lowest BCUT2D eigenvalue weighted by atomic mass is 10.1. The summed E-state index contributed by atoms with van der Waals surface area (Å²) in [5.41, 5.74) is 1.64. The SMILES string of the molecule is O=C(CCc1cn(-c2ccc(-n3ccccc3=O)cc2OC2CCS(=O)(=O)CC2)nn1)c1ccc(Cl)s1. The number of ether oxygens (including phenoxy) is 1. The summed E-state index contributed by atoms with van der Waals surface area (Å²) in [6.07, 6.45) is 4.55. The second-order valence-electron chi connectivity index (χ2n) is 8.71. The van der Waals surface area contributed by atoms with Gasteiger partial charge in [0.15, 0.2) is 15.6 Å². The van der Waals surface area contributed by atoms with Crippen LogP contribution in [0.15, 0.2) is 65.7 Å². The molecule has 1 saturated heterocycles. The Hall–Kier alpha value is -3.28. The molecule has 12 heteroatoms. The van der Waals surface area contributed by atoms with E-state index in [4.69, 9.17) is 16.3 Å². The number of carbonyl (C=O) groups is 1. The van der Waals surface area contributed by atoms with Crippen molar-refractivity contribution in [2.75, 3.05) is 11.5 Å². The predicted octanol–water partition coefficient (Wildman–Crippen LogP) is 3.90. The highest BCUT2D eigenvalue weighted by molar-refractivity contribution is 7.91. The Labute approximate surface area is 222 Å². The van der Waals surface area contributed by atoms with Crippen LogP contribution >= 0.6 is 22.9 Å². The number of aryl methyl sites for hydroxylation is 1. The second-order valence-corrected chi connectivity index (χ2v) is 12.7. The number of benzene rings is 1. The smallest absolute Gasteiger partial charge is 0.255 e. The number of hydrogen-bond donors (Lipinski definition) is 0. The van der Waals surface area contributed by atoms with Crippen LogP contribution in [0.4, 0.5) is 0 Å². The van der Waals surface area contributed by atoms with Crippen molar-refractivity contribution in [3.05, 3.63) is 86.2 Å². The molecule has 37 heavy (non-hydrogen) atoms. The van der Waals surface area contributed by atoms with Gasteiger partial charge in [-0.15, -0.1) is 16.4 Å². The van der Waals surface area contributed by atoms with Crippen LogP contribution in [0, 0.1) is 0 Å². The van der Waals surface area contributed by atoms with Crippen molar-refractivity contribution in [1.29, 1.82) is 0 Å². The molecule has 0 N–H and O–H groups in total. The zero-order valence-electron chi connectivity index (χ0n) is 19.6. The van der Waals surface area contributed by atoms with Crippen molar-refractivity contribution >= 4 is 38.6 Å². The number of carbonyl (C=O) groups excluding carboxylic acids is 1.